The molecule has 0 saturated carbocycles. The van der Waals surface area contributed by atoms with E-state index in [1.54, 1.807) is 17.0 Å². The minimum absolute atomic E-state index is 0.0270. The summed E-state index contributed by atoms with van der Waals surface area (Å²) in [7, 11) is 0. The lowest BCUT2D eigenvalue weighted by Gasteiger charge is -2.35. The fourth-order valence-electron chi connectivity index (χ4n) is 2.53. The van der Waals surface area contributed by atoms with E-state index in [9.17, 15) is 13.2 Å². The molecular formula is C14H18ClF3N2. The van der Waals surface area contributed by atoms with Crippen LogP contribution in [0.4, 0.5) is 18.9 Å². The van der Waals surface area contributed by atoms with Crippen molar-refractivity contribution in [3.8, 4) is 0 Å². The maximum Gasteiger partial charge on any atom is 0.393 e. The molecule has 0 bridgehead atoms. The van der Waals surface area contributed by atoms with Gasteiger partial charge in [0.25, 0.3) is 0 Å². The summed E-state index contributed by atoms with van der Waals surface area (Å²) in [4.78, 5) is 1.72. The SMILES string of the molecule is CC(N)c1ccc(N2CCCC(C(F)(F)F)C2)c(Cl)c1. The summed E-state index contributed by atoms with van der Waals surface area (Å²) in [5.74, 6) is -1.28. The predicted octanol–water partition coefficient (Wildman–Crippen LogP) is 4.14. The molecule has 1 fully saturated rings. The van der Waals surface area contributed by atoms with Crippen LogP contribution in [-0.4, -0.2) is 19.3 Å². The number of rotatable bonds is 2. The summed E-state index contributed by atoms with van der Waals surface area (Å²) in [6.45, 7) is 2.41. The van der Waals surface area contributed by atoms with Crippen molar-refractivity contribution in [2.75, 3.05) is 18.0 Å². The Bertz CT molecular complexity index is 474. The number of nitrogens with two attached hydrogens (primary N) is 1. The van der Waals surface area contributed by atoms with E-state index in [2.05, 4.69) is 0 Å². The van der Waals surface area contributed by atoms with Crippen LogP contribution >= 0.6 is 11.6 Å². The first-order valence-corrected chi connectivity index (χ1v) is 7.03. The largest absolute Gasteiger partial charge is 0.393 e. The number of halogens is 4. The first-order chi connectivity index (χ1) is 9.29. The third-order valence-electron chi connectivity index (χ3n) is 3.72. The molecule has 2 atom stereocenters. The Kier molecular flexibility index (Phi) is 4.49. The van der Waals surface area contributed by atoms with Crippen molar-refractivity contribution in [1.82, 2.24) is 0 Å². The van der Waals surface area contributed by atoms with E-state index in [0.717, 1.165) is 5.56 Å². The zero-order valence-corrected chi connectivity index (χ0v) is 12.0. The molecule has 0 radical (unpaired) electrons. The topological polar surface area (TPSA) is 29.3 Å². The summed E-state index contributed by atoms with van der Waals surface area (Å²) in [5.41, 5.74) is 7.30. The van der Waals surface area contributed by atoms with Crippen LogP contribution in [-0.2, 0) is 0 Å². The van der Waals surface area contributed by atoms with Crippen LogP contribution in [0.3, 0.4) is 0 Å². The predicted molar refractivity (Wildman–Crippen MR) is 75.0 cm³/mol. The first-order valence-electron chi connectivity index (χ1n) is 6.65. The van der Waals surface area contributed by atoms with Crippen LogP contribution in [0.25, 0.3) is 0 Å². The zero-order valence-electron chi connectivity index (χ0n) is 11.3. The maximum absolute atomic E-state index is 12.8. The molecule has 2 rings (SSSR count). The van der Waals surface area contributed by atoms with Gasteiger partial charge in [0.15, 0.2) is 0 Å². The molecule has 2 nitrogen and oxygen atoms in total. The lowest BCUT2D eigenvalue weighted by molar-refractivity contribution is -0.175. The van der Waals surface area contributed by atoms with Crippen LogP contribution in [0.5, 0.6) is 0 Å². The van der Waals surface area contributed by atoms with E-state index >= 15 is 0 Å². The number of nitrogens with zero attached hydrogens (tertiary/aromatic N) is 1. The van der Waals surface area contributed by atoms with Gasteiger partial charge in [-0.25, -0.2) is 0 Å². The van der Waals surface area contributed by atoms with Gasteiger partial charge in [0.05, 0.1) is 16.6 Å². The number of benzene rings is 1. The van der Waals surface area contributed by atoms with Crippen molar-refractivity contribution in [3.63, 3.8) is 0 Å². The molecule has 1 aliphatic heterocycles. The monoisotopic (exact) mass is 306 g/mol. The maximum atomic E-state index is 12.8. The van der Waals surface area contributed by atoms with Gasteiger partial charge in [0.2, 0.25) is 0 Å². The molecule has 0 spiro atoms. The first kappa shape index (κ1) is 15.4. The van der Waals surface area contributed by atoms with Crippen molar-refractivity contribution in [2.24, 2.45) is 11.7 Å². The molecule has 20 heavy (non-hydrogen) atoms. The molecule has 6 heteroatoms. The van der Waals surface area contributed by atoms with E-state index in [1.165, 1.54) is 0 Å². The lowest BCUT2D eigenvalue weighted by atomic mass is 9.96. The highest BCUT2D eigenvalue weighted by molar-refractivity contribution is 6.33. The van der Waals surface area contributed by atoms with E-state index < -0.39 is 12.1 Å². The normalized spacial score (nSPS) is 21.9. The Morgan fingerprint density at radius 1 is 1.40 bits per heavy atom. The fourth-order valence-corrected chi connectivity index (χ4v) is 2.83. The van der Waals surface area contributed by atoms with E-state index in [4.69, 9.17) is 17.3 Å². The number of alkyl halides is 3. The Morgan fingerprint density at radius 3 is 2.65 bits per heavy atom. The van der Waals surface area contributed by atoms with Gasteiger partial charge in [-0.05, 0) is 37.5 Å². The summed E-state index contributed by atoms with van der Waals surface area (Å²) in [6.07, 6.45) is -3.43. The molecule has 1 aromatic carbocycles. The lowest BCUT2D eigenvalue weighted by Crippen LogP contribution is -2.41. The molecular weight excluding hydrogens is 289 g/mol. The number of hydrogen-bond acceptors (Lipinski definition) is 2. The van der Waals surface area contributed by atoms with Gasteiger partial charge in [-0.2, -0.15) is 13.2 Å². The summed E-state index contributed by atoms with van der Waals surface area (Å²) >= 11 is 6.19. The molecule has 112 valence electrons. The zero-order chi connectivity index (χ0) is 14.9. The van der Waals surface area contributed by atoms with Gasteiger partial charge in [0.1, 0.15) is 0 Å². The van der Waals surface area contributed by atoms with Crippen molar-refractivity contribution in [2.45, 2.75) is 32.0 Å². The van der Waals surface area contributed by atoms with E-state index in [0.29, 0.717) is 23.7 Å². The van der Waals surface area contributed by atoms with Crippen molar-refractivity contribution in [3.05, 3.63) is 28.8 Å². The molecule has 1 aliphatic rings. The number of anilines is 1. The summed E-state index contributed by atoms with van der Waals surface area (Å²) < 4.78 is 38.5. The smallest absolute Gasteiger partial charge is 0.370 e. The second-order valence-electron chi connectivity index (χ2n) is 5.33. The number of hydrogen-bond donors (Lipinski definition) is 1. The molecule has 1 saturated heterocycles. The second-order valence-corrected chi connectivity index (χ2v) is 5.73. The average molecular weight is 307 g/mol. The van der Waals surface area contributed by atoms with Gasteiger partial charge in [-0.3, -0.25) is 0 Å². The average Bonchev–Trinajstić information content (AvgIpc) is 2.37. The Morgan fingerprint density at radius 2 is 2.10 bits per heavy atom. The Labute approximate surface area is 121 Å². The fraction of sp³-hybridized carbons (Fsp3) is 0.571. The van der Waals surface area contributed by atoms with Crippen LogP contribution in [0, 0.1) is 5.92 Å². The van der Waals surface area contributed by atoms with Crippen LogP contribution in [0.15, 0.2) is 18.2 Å². The number of piperidine rings is 1. The van der Waals surface area contributed by atoms with Crippen molar-refractivity contribution in [1.29, 1.82) is 0 Å². The standard InChI is InChI=1S/C14H18ClF3N2/c1-9(19)10-4-5-13(12(15)7-10)20-6-2-3-11(8-20)14(16,17)18/h4-5,7,9,11H,2-3,6,8,19H2,1H3. The molecule has 0 aromatic heterocycles. The summed E-state index contributed by atoms with van der Waals surface area (Å²) in [5, 5.41) is 0.461. The third kappa shape index (κ3) is 3.38. The van der Waals surface area contributed by atoms with E-state index in [1.807, 2.05) is 13.0 Å². The molecule has 1 aromatic rings. The molecule has 2 unspecified atom stereocenters. The second kappa shape index (κ2) is 5.82. The minimum Gasteiger partial charge on any atom is -0.370 e. The van der Waals surface area contributed by atoms with Crippen LogP contribution < -0.4 is 10.6 Å². The van der Waals surface area contributed by atoms with Gasteiger partial charge < -0.3 is 10.6 Å². The van der Waals surface area contributed by atoms with Crippen LogP contribution in [0.1, 0.15) is 31.4 Å². The summed E-state index contributed by atoms with van der Waals surface area (Å²) in [6, 6.07) is 5.17. The Hall–Kier alpha value is -0.940. The van der Waals surface area contributed by atoms with Gasteiger partial charge in [-0.1, -0.05) is 17.7 Å². The highest BCUT2D eigenvalue weighted by Gasteiger charge is 2.42. The highest BCUT2D eigenvalue weighted by Crippen LogP contribution is 2.37. The quantitative estimate of drug-likeness (QED) is 0.890. The third-order valence-corrected chi connectivity index (χ3v) is 4.03. The molecule has 2 N–H and O–H groups in total. The van der Waals surface area contributed by atoms with Gasteiger partial charge >= 0.3 is 6.18 Å². The molecule has 1 heterocycles. The van der Waals surface area contributed by atoms with Gasteiger partial charge in [-0.15, -0.1) is 0 Å². The van der Waals surface area contributed by atoms with Crippen molar-refractivity contribution >= 4 is 17.3 Å². The van der Waals surface area contributed by atoms with Crippen LogP contribution in [0.2, 0.25) is 5.02 Å². The molecule has 0 aliphatic carbocycles. The minimum atomic E-state index is -4.14. The Balaban J connectivity index is 2.19. The highest BCUT2D eigenvalue weighted by atomic mass is 35.5. The van der Waals surface area contributed by atoms with Crippen molar-refractivity contribution < 1.29 is 13.2 Å². The molecule has 0 amide bonds. The van der Waals surface area contributed by atoms with E-state index in [-0.39, 0.29) is 19.0 Å². The van der Waals surface area contributed by atoms with Gasteiger partial charge in [0, 0.05) is 19.1 Å².